The van der Waals surface area contributed by atoms with Crippen LogP contribution in [0.2, 0.25) is 0 Å². The lowest BCUT2D eigenvalue weighted by Gasteiger charge is -2.34. The van der Waals surface area contributed by atoms with Crippen molar-refractivity contribution in [1.29, 1.82) is 5.26 Å². The smallest absolute Gasteiger partial charge is 0.0855 e. The molecule has 68 valence electrons. The van der Waals surface area contributed by atoms with E-state index in [2.05, 4.69) is 11.2 Å². The average Bonchev–Trinajstić information content (AvgIpc) is 2.35. The van der Waals surface area contributed by atoms with Crippen molar-refractivity contribution in [3.05, 3.63) is 17.5 Å². The molecule has 2 rings (SSSR count). The minimum Gasteiger partial charge on any atom is -0.273 e. The minimum atomic E-state index is -0.210. The van der Waals surface area contributed by atoms with Crippen LogP contribution in [-0.4, -0.2) is 9.78 Å². The Labute approximate surface area is 78.0 Å². The van der Waals surface area contributed by atoms with Gasteiger partial charge in [0.05, 0.1) is 17.7 Å². The number of rotatable bonds is 1. The second-order valence-electron chi connectivity index (χ2n) is 3.81. The highest BCUT2D eigenvalue weighted by Gasteiger charge is 2.41. The SMILES string of the molecule is Cc1c(C2(C#N)CCC2)cnn1C. The van der Waals surface area contributed by atoms with Crippen LogP contribution in [0, 0.1) is 18.3 Å². The molecule has 0 aliphatic heterocycles. The fourth-order valence-electron chi connectivity index (χ4n) is 1.94. The van der Waals surface area contributed by atoms with E-state index in [1.807, 2.05) is 24.9 Å². The van der Waals surface area contributed by atoms with Gasteiger partial charge in [-0.05, 0) is 26.2 Å². The van der Waals surface area contributed by atoms with Crippen LogP contribution in [0.3, 0.4) is 0 Å². The van der Waals surface area contributed by atoms with E-state index in [1.165, 1.54) is 6.42 Å². The summed E-state index contributed by atoms with van der Waals surface area (Å²) in [6.07, 6.45) is 5.01. The van der Waals surface area contributed by atoms with E-state index in [-0.39, 0.29) is 5.41 Å². The second-order valence-corrected chi connectivity index (χ2v) is 3.81. The lowest BCUT2D eigenvalue weighted by Crippen LogP contribution is -2.32. The number of hydrogen-bond acceptors (Lipinski definition) is 2. The normalized spacial score (nSPS) is 19.2. The lowest BCUT2D eigenvalue weighted by molar-refractivity contribution is 0.322. The van der Waals surface area contributed by atoms with E-state index in [9.17, 15) is 0 Å². The summed E-state index contributed by atoms with van der Waals surface area (Å²) < 4.78 is 1.84. The van der Waals surface area contributed by atoms with Crippen LogP contribution < -0.4 is 0 Å². The van der Waals surface area contributed by atoms with Crippen molar-refractivity contribution in [2.75, 3.05) is 0 Å². The van der Waals surface area contributed by atoms with Crippen LogP contribution in [0.5, 0.6) is 0 Å². The molecule has 1 heterocycles. The van der Waals surface area contributed by atoms with E-state index >= 15 is 0 Å². The molecule has 3 heteroatoms. The molecule has 1 aromatic rings. The van der Waals surface area contributed by atoms with Crippen LogP contribution in [0.15, 0.2) is 6.20 Å². The van der Waals surface area contributed by atoms with E-state index in [1.54, 1.807) is 0 Å². The highest BCUT2D eigenvalue weighted by atomic mass is 15.3. The summed E-state index contributed by atoms with van der Waals surface area (Å²) in [5, 5.41) is 13.3. The predicted molar refractivity (Wildman–Crippen MR) is 49.1 cm³/mol. The van der Waals surface area contributed by atoms with Crippen LogP contribution in [0.1, 0.15) is 30.5 Å². The van der Waals surface area contributed by atoms with E-state index in [0.29, 0.717) is 0 Å². The third kappa shape index (κ3) is 0.983. The van der Waals surface area contributed by atoms with Crippen molar-refractivity contribution >= 4 is 0 Å². The molecule has 0 aromatic carbocycles. The van der Waals surface area contributed by atoms with Gasteiger partial charge in [-0.2, -0.15) is 10.4 Å². The van der Waals surface area contributed by atoms with Gasteiger partial charge in [-0.15, -0.1) is 0 Å². The molecular formula is C10H13N3. The zero-order valence-electron chi connectivity index (χ0n) is 8.04. The first-order chi connectivity index (χ1) is 6.19. The third-order valence-electron chi connectivity index (χ3n) is 3.17. The highest BCUT2D eigenvalue weighted by Crippen LogP contribution is 2.44. The molecule has 13 heavy (non-hydrogen) atoms. The van der Waals surface area contributed by atoms with Gasteiger partial charge < -0.3 is 0 Å². The molecule has 0 N–H and O–H groups in total. The van der Waals surface area contributed by atoms with Gasteiger partial charge in [0.1, 0.15) is 0 Å². The molecule has 1 saturated carbocycles. The van der Waals surface area contributed by atoms with Gasteiger partial charge in [-0.3, -0.25) is 4.68 Å². The average molecular weight is 175 g/mol. The molecule has 0 bridgehead atoms. The van der Waals surface area contributed by atoms with E-state index in [4.69, 9.17) is 5.26 Å². The maximum absolute atomic E-state index is 9.14. The van der Waals surface area contributed by atoms with Gasteiger partial charge in [0.25, 0.3) is 0 Å². The molecule has 1 aliphatic rings. The van der Waals surface area contributed by atoms with Crippen LogP contribution in [0.25, 0.3) is 0 Å². The summed E-state index contributed by atoms with van der Waals surface area (Å²) in [7, 11) is 1.92. The van der Waals surface area contributed by atoms with Gasteiger partial charge in [0.2, 0.25) is 0 Å². The van der Waals surface area contributed by atoms with Crippen molar-refractivity contribution in [3.63, 3.8) is 0 Å². The summed E-state index contributed by atoms with van der Waals surface area (Å²) >= 11 is 0. The summed E-state index contributed by atoms with van der Waals surface area (Å²) in [5.41, 5.74) is 2.04. The first-order valence-electron chi connectivity index (χ1n) is 4.60. The fraction of sp³-hybridized carbons (Fsp3) is 0.600. The minimum absolute atomic E-state index is 0.210. The molecule has 0 radical (unpaired) electrons. The van der Waals surface area contributed by atoms with Gasteiger partial charge >= 0.3 is 0 Å². The third-order valence-corrected chi connectivity index (χ3v) is 3.17. The van der Waals surface area contributed by atoms with Gasteiger partial charge in [0, 0.05) is 18.3 Å². The molecule has 1 fully saturated rings. The Morgan fingerprint density at radius 3 is 2.62 bits per heavy atom. The topological polar surface area (TPSA) is 41.6 Å². The molecule has 0 spiro atoms. The predicted octanol–water partition coefficient (Wildman–Crippen LogP) is 1.67. The van der Waals surface area contributed by atoms with Crippen molar-refractivity contribution < 1.29 is 0 Å². The number of hydrogen-bond donors (Lipinski definition) is 0. The highest BCUT2D eigenvalue weighted by molar-refractivity contribution is 5.36. The van der Waals surface area contributed by atoms with Gasteiger partial charge in [-0.1, -0.05) is 0 Å². The monoisotopic (exact) mass is 175 g/mol. The molecule has 1 aromatic heterocycles. The number of aryl methyl sites for hydroxylation is 1. The molecular weight excluding hydrogens is 162 g/mol. The molecule has 0 amide bonds. The maximum Gasteiger partial charge on any atom is 0.0855 e. The van der Waals surface area contributed by atoms with Crippen LogP contribution in [0.4, 0.5) is 0 Å². The Kier molecular flexibility index (Phi) is 1.66. The van der Waals surface area contributed by atoms with Crippen molar-refractivity contribution in [2.24, 2.45) is 7.05 Å². The Balaban J connectivity index is 2.46. The first kappa shape index (κ1) is 8.31. The molecule has 0 saturated heterocycles. The molecule has 0 unspecified atom stereocenters. The Morgan fingerprint density at radius 2 is 2.31 bits per heavy atom. The van der Waals surface area contributed by atoms with Crippen molar-refractivity contribution in [1.82, 2.24) is 9.78 Å². The van der Waals surface area contributed by atoms with Crippen LogP contribution >= 0.6 is 0 Å². The zero-order chi connectivity index (χ0) is 9.47. The summed E-state index contributed by atoms with van der Waals surface area (Å²) in [5.74, 6) is 0. The Bertz CT molecular complexity index is 366. The quantitative estimate of drug-likeness (QED) is 0.651. The van der Waals surface area contributed by atoms with Crippen molar-refractivity contribution in [3.8, 4) is 6.07 Å². The summed E-state index contributed by atoms with van der Waals surface area (Å²) in [6, 6.07) is 2.43. The molecule has 3 nitrogen and oxygen atoms in total. The summed E-state index contributed by atoms with van der Waals surface area (Å²) in [6.45, 7) is 2.03. The first-order valence-corrected chi connectivity index (χ1v) is 4.60. The standard InChI is InChI=1S/C10H13N3/c1-8-9(6-12-13(8)2)10(7-11)4-3-5-10/h6H,3-5H2,1-2H3. The number of aromatic nitrogens is 2. The molecule has 1 aliphatic carbocycles. The van der Waals surface area contributed by atoms with E-state index in [0.717, 1.165) is 24.1 Å². The van der Waals surface area contributed by atoms with Crippen molar-refractivity contribution in [2.45, 2.75) is 31.6 Å². The Morgan fingerprint density at radius 1 is 1.62 bits per heavy atom. The zero-order valence-corrected chi connectivity index (χ0v) is 8.04. The number of nitriles is 1. The Hall–Kier alpha value is -1.30. The van der Waals surface area contributed by atoms with Gasteiger partial charge in [-0.25, -0.2) is 0 Å². The second kappa shape index (κ2) is 2.59. The van der Waals surface area contributed by atoms with E-state index < -0.39 is 0 Å². The van der Waals surface area contributed by atoms with Crippen LogP contribution in [-0.2, 0) is 12.5 Å². The van der Waals surface area contributed by atoms with Gasteiger partial charge in [0.15, 0.2) is 0 Å². The largest absolute Gasteiger partial charge is 0.273 e. The maximum atomic E-state index is 9.14. The fourth-order valence-corrected chi connectivity index (χ4v) is 1.94. The number of nitrogens with zero attached hydrogens (tertiary/aromatic N) is 3. The molecule has 0 atom stereocenters. The lowest BCUT2D eigenvalue weighted by atomic mass is 9.66. The summed E-state index contributed by atoms with van der Waals surface area (Å²) in [4.78, 5) is 0.